The normalized spacial score (nSPS) is 14.8. The molecule has 0 spiro atoms. The van der Waals surface area contributed by atoms with E-state index in [4.69, 9.17) is 4.74 Å². The Hall–Kier alpha value is -4.65. The van der Waals surface area contributed by atoms with Gasteiger partial charge in [0, 0.05) is 5.56 Å². The summed E-state index contributed by atoms with van der Waals surface area (Å²) in [5.41, 5.74) is 0.607. The molecule has 1 amide bonds. The van der Waals surface area contributed by atoms with Gasteiger partial charge in [0.2, 0.25) is 0 Å². The van der Waals surface area contributed by atoms with Crippen molar-refractivity contribution in [3.05, 3.63) is 132 Å². The summed E-state index contributed by atoms with van der Waals surface area (Å²) in [6, 6.07) is 29.9. The number of rotatable bonds is 5. The van der Waals surface area contributed by atoms with E-state index in [0.717, 1.165) is 12.1 Å². The van der Waals surface area contributed by atoms with Crippen LogP contribution in [0.15, 0.2) is 120 Å². The number of amidine groups is 1. The standard InChI is InChI=1S/C29H19F3N2O2/c30-29(31,32)22-12-8-13-23(19-22)34-27(21-10-3-1-4-11-21)33-26(28(34)35)18-20-9-7-16-25(17-20)36-24-14-5-2-6-15-24/h1-19H. The lowest BCUT2D eigenvalue weighted by molar-refractivity contribution is -0.137. The Labute approximate surface area is 205 Å². The zero-order chi connectivity index (χ0) is 25.1. The van der Waals surface area contributed by atoms with Crippen LogP contribution >= 0.6 is 0 Å². The average molecular weight is 484 g/mol. The van der Waals surface area contributed by atoms with Gasteiger partial charge in [-0.3, -0.25) is 9.69 Å². The molecule has 4 nitrogen and oxygen atoms in total. The van der Waals surface area contributed by atoms with Crippen LogP contribution in [0.25, 0.3) is 6.08 Å². The topological polar surface area (TPSA) is 41.9 Å². The van der Waals surface area contributed by atoms with Gasteiger partial charge in [0.05, 0.1) is 11.3 Å². The van der Waals surface area contributed by atoms with E-state index in [0.29, 0.717) is 22.6 Å². The van der Waals surface area contributed by atoms with Crippen molar-refractivity contribution in [2.24, 2.45) is 4.99 Å². The molecule has 178 valence electrons. The first-order chi connectivity index (χ1) is 17.4. The van der Waals surface area contributed by atoms with Gasteiger partial charge in [-0.1, -0.05) is 66.7 Å². The first kappa shape index (κ1) is 23.1. The van der Waals surface area contributed by atoms with Crippen LogP contribution in [0.3, 0.4) is 0 Å². The smallest absolute Gasteiger partial charge is 0.416 e. The Morgan fingerprint density at radius 3 is 2.14 bits per heavy atom. The second-order valence-corrected chi connectivity index (χ2v) is 8.01. The van der Waals surface area contributed by atoms with Crippen LogP contribution in [0.2, 0.25) is 0 Å². The highest BCUT2D eigenvalue weighted by Gasteiger charge is 2.35. The van der Waals surface area contributed by atoms with E-state index in [1.807, 2.05) is 36.4 Å². The largest absolute Gasteiger partial charge is 0.457 e. The molecule has 0 saturated carbocycles. The molecule has 1 heterocycles. The van der Waals surface area contributed by atoms with Crippen molar-refractivity contribution in [3.8, 4) is 11.5 Å². The zero-order valence-electron chi connectivity index (χ0n) is 18.8. The summed E-state index contributed by atoms with van der Waals surface area (Å²) in [5.74, 6) is 0.966. The van der Waals surface area contributed by atoms with Crippen LogP contribution in [-0.4, -0.2) is 11.7 Å². The third-order valence-corrected chi connectivity index (χ3v) is 5.46. The van der Waals surface area contributed by atoms with Gasteiger partial charge < -0.3 is 4.74 Å². The van der Waals surface area contributed by atoms with Crippen LogP contribution in [-0.2, 0) is 11.0 Å². The lowest BCUT2D eigenvalue weighted by Gasteiger charge is -2.20. The predicted octanol–water partition coefficient (Wildman–Crippen LogP) is 7.33. The summed E-state index contributed by atoms with van der Waals surface area (Å²) in [5, 5.41) is 0. The fraction of sp³-hybridized carbons (Fsp3) is 0.0345. The first-order valence-electron chi connectivity index (χ1n) is 11.1. The van der Waals surface area contributed by atoms with E-state index in [9.17, 15) is 18.0 Å². The Bertz CT molecular complexity index is 1460. The highest BCUT2D eigenvalue weighted by atomic mass is 19.4. The number of anilines is 1. The minimum atomic E-state index is -4.54. The Morgan fingerprint density at radius 1 is 0.750 bits per heavy atom. The summed E-state index contributed by atoms with van der Waals surface area (Å²) < 4.78 is 46.0. The molecule has 7 heteroatoms. The van der Waals surface area contributed by atoms with Crippen molar-refractivity contribution in [2.75, 3.05) is 4.90 Å². The summed E-state index contributed by atoms with van der Waals surface area (Å²) in [7, 11) is 0. The maximum absolute atomic E-state index is 13.5. The maximum atomic E-state index is 13.5. The van der Waals surface area contributed by atoms with Crippen molar-refractivity contribution in [1.29, 1.82) is 0 Å². The zero-order valence-corrected chi connectivity index (χ0v) is 18.8. The van der Waals surface area contributed by atoms with Crippen molar-refractivity contribution in [1.82, 2.24) is 0 Å². The lowest BCUT2D eigenvalue weighted by atomic mass is 10.1. The number of carbonyl (C=O) groups excluding carboxylic acids is 1. The Morgan fingerprint density at radius 2 is 1.42 bits per heavy atom. The first-order valence-corrected chi connectivity index (χ1v) is 11.1. The van der Waals surface area contributed by atoms with E-state index in [-0.39, 0.29) is 17.2 Å². The fourth-order valence-corrected chi connectivity index (χ4v) is 3.81. The highest BCUT2D eigenvalue weighted by Crippen LogP contribution is 2.34. The van der Waals surface area contributed by atoms with Gasteiger partial charge >= 0.3 is 6.18 Å². The van der Waals surface area contributed by atoms with Gasteiger partial charge in [0.1, 0.15) is 23.0 Å². The van der Waals surface area contributed by atoms with E-state index < -0.39 is 17.6 Å². The number of aliphatic imine (C=N–C) groups is 1. The molecule has 0 saturated heterocycles. The van der Waals surface area contributed by atoms with Gasteiger partial charge in [0.15, 0.2) is 0 Å². The van der Waals surface area contributed by atoms with Gasteiger partial charge in [0.25, 0.3) is 5.91 Å². The van der Waals surface area contributed by atoms with E-state index in [2.05, 4.69) is 4.99 Å². The molecule has 0 fully saturated rings. The van der Waals surface area contributed by atoms with Crippen LogP contribution in [0.5, 0.6) is 11.5 Å². The molecule has 0 bridgehead atoms. The monoisotopic (exact) mass is 484 g/mol. The van der Waals surface area contributed by atoms with Crippen LogP contribution in [0.4, 0.5) is 18.9 Å². The highest BCUT2D eigenvalue weighted by molar-refractivity contribution is 6.33. The molecule has 4 aromatic rings. The molecular weight excluding hydrogens is 465 g/mol. The average Bonchev–Trinajstić information content (AvgIpc) is 3.20. The molecule has 0 unspecified atom stereocenters. The second-order valence-electron chi connectivity index (χ2n) is 8.01. The van der Waals surface area contributed by atoms with Crippen molar-refractivity contribution >= 4 is 23.5 Å². The van der Waals surface area contributed by atoms with Crippen molar-refractivity contribution in [2.45, 2.75) is 6.18 Å². The Balaban J connectivity index is 1.53. The predicted molar refractivity (Wildman–Crippen MR) is 133 cm³/mol. The van der Waals surface area contributed by atoms with Crippen LogP contribution < -0.4 is 9.64 Å². The van der Waals surface area contributed by atoms with Crippen LogP contribution in [0.1, 0.15) is 16.7 Å². The summed E-state index contributed by atoms with van der Waals surface area (Å²) >= 11 is 0. The minimum absolute atomic E-state index is 0.0852. The van der Waals surface area contributed by atoms with Gasteiger partial charge in [-0.2, -0.15) is 13.2 Å². The molecule has 0 N–H and O–H groups in total. The third-order valence-electron chi connectivity index (χ3n) is 5.46. The SMILES string of the molecule is O=C1C(=Cc2cccc(Oc3ccccc3)c2)N=C(c2ccccc2)N1c1cccc(C(F)(F)F)c1. The fourth-order valence-electron chi connectivity index (χ4n) is 3.81. The summed E-state index contributed by atoms with van der Waals surface area (Å²) in [4.78, 5) is 19.2. The van der Waals surface area contributed by atoms with Gasteiger partial charge in [-0.25, -0.2) is 4.99 Å². The van der Waals surface area contributed by atoms with Gasteiger partial charge in [-0.05, 0) is 54.1 Å². The van der Waals surface area contributed by atoms with E-state index >= 15 is 0 Å². The number of amides is 1. The summed E-state index contributed by atoms with van der Waals surface area (Å²) in [6.45, 7) is 0. The summed E-state index contributed by atoms with van der Waals surface area (Å²) in [6.07, 6.45) is -2.95. The quantitative estimate of drug-likeness (QED) is 0.278. The maximum Gasteiger partial charge on any atom is 0.416 e. The number of alkyl halides is 3. The molecule has 0 atom stereocenters. The number of halogens is 3. The number of benzene rings is 4. The number of ether oxygens (including phenoxy) is 1. The molecule has 0 aromatic heterocycles. The molecule has 0 aliphatic carbocycles. The Kier molecular flexibility index (Phi) is 6.12. The lowest BCUT2D eigenvalue weighted by Crippen LogP contribution is -2.32. The molecule has 5 rings (SSSR count). The molecule has 0 radical (unpaired) electrons. The minimum Gasteiger partial charge on any atom is -0.457 e. The third kappa shape index (κ3) is 4.90. The molecular formula is C29H19F3N2O2. The van der Waals surface area contributed by atoms with Crippen LogP contribution in [0, 0.1) is 0 Å². The molecule has 4 aromatic carbocycles. The number of hydrogen-bond acceptors (Lipinski definition) is 3. The number of hydrogen-bond donors (Lipinski definition) is 0. The number of carbonyl (C=O) groups is 1. The van der Waals surface area contributed by atoms with Crippen molar-refractivity contribution < 1.29 is 22.7 Å². The van der Waals surface area contributed by atoms with Crippen molar-refractivity contribution in [3.63, 3.8) is 0 Å². The molecule has 1 aliphatic rings. The second kappa shape index (κ2) is 9.54. The molecule has 1 aliphatic heterocycles. The number of nitrogens with zero attached hydrogens (tertiary/aromatic N) is 2. The number of para-hydroxylation sites is 1. The van der Waals surface area contributed by atoms with E-state index in [1.54, 1.807) is 54.6 Å². The van der Waals surface area contributed by atoms with E-state index in [1.165, 1.54) is 17.0 Å². The molecule has 36 heavy (non-hydrogen) atoms. The van der Waals surface area contributed by atoms with Gasteiger partial charge in [-0.15, -0.1) is 0 Å².